The van der Waals surface area contributed by atoms with Crippen LogP contribution in [0.15, 0.2) is 89.8 Å². The van der Waals surface area contributed by atoms with Crippen LogP contribution >= 0.6 is 0 Å². The normalized spacial score (nSPS) is 11.3. The van der Waals surface area contributed by atoms with Gasteiger partial charge in [-0.1, -0.05) is 54.6 Å². The van der Waals surface area contributed by atoms with Crippen LogP contribution in [0.25, 0.3) is 6.08 Å². The Balaban J connectivity index is 1.74. The second-order valence-corrected chi connectivity index (χ2v) is 7.86. The number of rotatable bonds is 6. The minimum atomic E-state index is -3.70. The first-order valence-corrected chi connectivity index (χ1v) is 10.1. The van der Waals surface area contributed by atoms with Crippen LogP contribution in [0.2, 0.25) is 0 Å². The highest BCUT2D eigenvalue weighted by atomic mass is 32.2. The number of carbonyl (C=O) groups excluding carboxylic acids is 1. The smallest absolute Gasteiger partial charge is 0.261 e. The summed E-state index contributed by atoms with van der Waals surface area (Å²) in [6.45, 7) is 1.80. The van der Waals surface area contributed by atoms with Crippen molar-refractivity contribution in [3.63, 3.8) is 0 Å². The van der Waals surface area contributed by atoms with E-state index in [1.165, 1.54) is 18.2 Å². The summed E-state index contributed by atoms with van der Waals surface area (Å²) in [4.78, 5) is 12.3. The molecule has 3 rings (SSSR count). The maximum Gasteiger partial charge on any atom is 0.261 e. The van der Waals surface area contributed by atoms with Crippen molar-refractivity contribution in [3.8, 4) is 0 Å². The number of sulfonamides is 1. The Bertz CT molecular complexity index is 1090. The van der Waals surface area contributed by atoms with Gasteiger partial charge in [0.1, 0.15) is 0 Å². The Hall–Kier alpha value is -3.38. The Kier molecular flexibility index (Phi) is 5.91. The van der Waals surface area contributed by atoms with Crippen molar-refractivity contribution in [2.24, 2.45) is 0 Å². The fraction of sp³-hybridized carbons (Fsp3) is 0.0455. The van der Waals surface area contributed by atoms with Crippen molar-refractivity contribution >= 4 is 33.4 Å². The maximum absolute atomic E-state index is 12.5. The van der Waals surface area contributed by atoms with Gasteiger partial charge in [-0.2, -0.15) is 0 Å². The quantitative estimate of drug-likeness (QED) is 0.609. The third kappa shape index (κ3) is 5.08. The Labute approximate surface area is 164 Å². The van der Waals surface area contributed by atoms with Gasteiger partial charge in [0.2, 0.25) is 5.91 Å². The zero-order valence-corrected chi connectivity index (χ0v) is 16.1. The molecule has 0 heterocycles. The van der Waals surface area contributed by atoms with Crippen LogP contribution in [0.1, 0.15) is 11.1 Å². The molecule has 0 saturated carbocycles. The molecule has 2 N–H and O–H groups in total. The van der Waals surface area contributed by atoms with Crippen molar-refractivity contribution in [1.29, 1.82) is 0 Å². The Morgan fingerprint density at radius 1 is 0.893 bits per heavy atom. The molecule has 0 aliphatic carbocycles. The van der Waals surface area contributed by atoms with Crippen LogP contribution in [-0.4, -0.2) is 14.3 Å². The number of aryl methyl sites for hydroxylation is 1. The molecule has 0 saturated heterocycles. The van der Waals surface area contributed by atoms with Gasteiger partial charge in [0.05, 0.1) is 10.6 Å². The van der Waals surface area contributed by atoms with E-state index < -0.39 is 10.0 Å². The molecule has 0 aromatic heterocycles. The third-order valence-electron chi connectivity index (χ3n) is 4.03. The van der Waals surface area contributed by atoms with Crippen molar-refractivity contribution in [1.82, 2.24) is 0 Å². The predicted molar refractivity (Wildman–Crippen MR) is 113 cm³/mol. The van der Waals surface area contributed by atoms with Gasteiger partial charge in [0, 0.05) is 11.8 Å². The minimum Gasteiger partial charge on any atom is -0.322 e. The lowest BCUT2D eigenvalue weighted by Crippen LogP contribution is -2.14. The first-order chi connectivity index (χ1) is 13.4. The molecule has 0 aliphatic heterocycles. The number of amides is 1. The molecule has 0 radical (unpaired) electrons. The molecule has 0 atom stereocenters. The number of carbonyl (C=O) groups is 1. The van der Waals surface area contributed by atoms with Gasteiger partial charge in [0.25, 0.3) is 10.0 Å². The van der Waals surface area contributed by atoms with Gasteiger partial charge in [-0.15, -0.1) is 0 Å². The van der Waals surface area contributed by atoms with Crippen LogP contribution in [-0.2, 0) is 14.8 Å². The zero-order valence-electron chi connectivity index (χ0n) is 15.3. The molecular formula is C22H20N2O3S. The lowest BCUT2D eigenvalue weighted by atomic mass is 10.2. The van der Waals surface area contributed by atoms with E-state index in [1.807, 2.05) is 30.3 Å². The molecule has 1 amide bonds. The van der Waals surface area contributed by atoms with Gasteiger partial charge in [-0.25, -0.2) is 8.42 Å². The monoisotopic (exact) mass is 392 g/mol. The fourth-order valence-corrected chi connectivity index (χ4v) is 3.68. The molecule has 0 unspecified atom stereocenters. The molecule has 142 valence electrons. The second kappa shape index (κ2) is 8.54. The predicted octanol–water partition coefficient (Wildman–Crippen LogP) is 4.45. The molecule has 28 heavy (non-hydrogen) atoms. The summed E-state index contributed by atoms with van der Waals surface area (Å²) in [7, 11) is -3.70. The molecule has 0 spiro atoms. The van der Waals surface area contributed by atoms with E-state index in [4.69, 9.17) is 0 Å². The van der Waals surface area contributed by atoms with E-state index >= 15 is 0 Å². The molecule has 3 aromatic rings. The lowest BCUT2D eigenvalue weighted by molar-refractivity contribution is -0.111. The van der Waals surface area contributed by atoms with E-state index in [9.17, 15) is 13.2 Å². The van der Waals surface area contributed by atoms with E-state index in [1.54, 1.807) is 49.4 Å². The van der Waals surface area contributed by atoms with E-state index in [-0.39, 0.29) is 10.8 Å². The SMILES string of the molecule is Cc1ccc(NC(=O)/C=C\c2ccccc2)cc1NS(=O)(=O)c1ccccc1. The number of hydrogen-bond acceptors (Lipinski definition) is 3. The van der Waals surface area contributed by atoms with Crippen molar-refractivity contribution < 1.29 is 13.2 Å². The van der Waals surface area contributed by atoms with Crippen molar-refractivity contribution in [2.75, 3.05) is 10.0 Å². The third-order valence-corrected chi connectivity index (χ3v) is 5.41. The number of nitrogens with one attached hydrogen (secondary N) is 2. The molecule has 0 bridgehead atoms. The first kappa shape index (κ1) is 19.4. The minimum absolute atomic E-state index is 0.176. The van der Waals surface area contributed by atoms with Crippen LogP contribution in [0.3, 0.4) is 0 Å². The molecular weight excluding hydrogens is 372 g/mol. The van der Waals surface area contributed by atoms with Gasteiger partial charge in [-0.3, -0.25) is 9.52 Å². The topological polar surface area (TPSA) is 75.3 Å². The number of hydrogen-bond donors (Lipinski definition) is 2. The summed E-state index contributed by atoms with van der Waals surface area (Å²) in [6, 6.07) is 22.7. The molecule has 0 aliphatic rings. The average molecular weight is 392 g/mol. The van der Waals surface area contributed by atoms with Gasteiger partial charge in [0.15, 0.2) is 0 Å². The summed E-state index contributed by atoms with van der Waals surface area (Å²) in [5.41, 5.74) is 2.57. The lowest BCUT2D eigenvalue weighted by Gasteiger charge is -2.12. The van der Waals surface area contributed by atoms with E-state index in [0.717, 1.165) is 11.1 Å². The molecule has 6 heteroatoms. The summed E-state index contributed by atoms with van der Waals surface area (Å²) < 4.78 is 27.7. The fourth-order valence-electron chi connectivity index (χ4n) is 2.53. The summed E-state index contributed by atoms with van der Waals surface area (Å²) >= 11 is 0. The van der Waals surface area contributed by atoms with E-state index in [0.29, 0.717) is 11.4 Å². The van der Waals surface area contributed by atoms with Gasteiger partial charge >= 0.3 is 0 Å². The molecule has 3 aromatic carbocycles. The maximum atomic E-state index is 12.5. The highest BCUT2D eigenvalue weighted by Gasteiger charge is 2.15. The second-order valence-electron chi connectivity index (χ2n) is 6.18. The zero-order chi connectivity index (χ0) is 20.0. The first-order valence-electron chi connectivity index (χ1n) is 8.67. The van der Waals surface area contributed by atoms with Crippen LogP contribution in [0.5, 0.6) is 0 Å². The standard InChI is InChI=1S/C22H20N2O3S/c1-17-12-14-19(23-22(25)15-13-18-8-4-2-5-9-18)16-21(17)24-28(26,27)20-10-6-3-7-11-20/h2-16,24H,1H3,(H,23,25)/b15-13-. The van der Waals surface area contributed by atoms with Gasteiger partial charge < -0.3 is 5.32 Å². The average Bonchev–Trinajstić information content (AvgIpc) is 2.70. The highest BCUT2D eigenvalue weighted by Crippen LogP contribution is 2.23. The van der Waals surface area contributed by atoms with Crippen LogP contribution < -0.4 is 10.0 Å². The Morgan fingerprint density at radius 2 is 1.54 bits per heavy atom. The van der Waals surface area contributed by atoms with Gasteiger partial charge in [-0.05, 0) is 48.4 Å². The molecule has 0 fully saturated rings. The summed E-state index contributed by atoms with van der Waals surface area (Å²) in [6.07, 6.45) is 3.14. The summed E-state index contributed by atoms with van der Waals surface area (Å²) in [5.74, 6) is -0.301. The van der Waals surface area contributed by atoms with Crippen molar-refractivity contribution in [3.05, 3.63) is 96.1 Å². The number of anilines is 2. The van der Waals surface area contributed by atoms with Crippen LogP contribution in [0, 0.1) is 6.92 Å². The highest BCUT2D eigenvalue weighted by molar-refractivity contribution is 7.92. The van der Waals surface area contributed by atoms with E-state index in [2.05, 4.69) is 10.0 Å². The number of benzene rings is 3. The molecule has 5 nitrogen and oxygen atoms in total. The summed E-state index contributed by atoms with van der Waals surface area (Å²) in [5, 5.41) is 2.74. The largest absolute Gasteiger partial charge is 0.322 e. The van der Waals surface area contributed by atoms with Crippen LogP contribution in [0.4, 0.5) is 11.4 Å². The van der Waals surface area contributed by atoms with Crippen molar-refractivity contribution in [2.45, 2.75) is 11.8 Å². The Morgan fingerprint density at radius 3 is 2.21 bits per heavy atom.